The molecule has 2 N–H and O–H groups in total. The highest BCUT2D eigenvalue weighted by atomic mass is 16.5. The standard InChI is InChI=1S/C19H21NO4/c21-18(20-13-7-6-12-19(22)23)14-24-17-11-5-4-10-16(17)15-8-2-1-3-9-15/h1-5,8-11H,6-7,12-14H2,(H,20,21)(H,22,23). The predicted octanol–water partition coefficient (Wildman–Crippen LogP) is 3.10. The van der Waals surface area contributed by atoms with Crippen LogP contribution in [-0.4, -0.2) is 30.1 Å². The number of ether oxygens (including phenoxy) is 1. The van der Waals surface area contributed by atoms with Crippen molar-refractivity contribution in [2.24, 2.45) is 0 Å². The van der Waals surface area contributed by atoms with E-state index < -0.39 is 5.97 Å². The van der Waals surface area contributed by atoms with Crippen LogP contribution >= 0.6 is 0 Å². The minimum Gasteiger partial charge on any atom is -0.483 e. The molecule has 0 aliphatic carbocycles. The van der Waals surface area contributed by atoms with Gasteiger partial charge in [-0.2, -0.15) is 0 Å². The van der Waals surface area contributed by atoms with Crippen LogP contribution in [0.4, 0.5) is 0 Å². The lowest BCUT2D eigenvalue weighted by Crippen LogP contribution is -2.29. The molecule has 0 saturated heterocycles. The van der Waals surface area contributed by atoms with Crippen LogP contribution in [0, 0.1) is 0 Å². The molecule has 0 radical (unpaired) electrons. The van der Waals surface area contributed by atoms with Crippen molar-refractivity contribution in [3.8, 4) is 16.9 Å². The van der Waals surface area contributed by atoms with E-state index in [4.69, 9.17) is 9.84 Å². The van der Waals surface area contributed by atoms with Crippen molar-refractivity contribution in [1.82, 2.24) is 5.32 Å². The van der Waals surface area contributed by atoms with Gasteiger partial charge in [0.25, 0.3) is 5.91 Å². The van der Waals surface area contributed by atoms with Gasteiger partial charge in [-0.15, -0.1) is 0 Å². The van der Waals surface area contributed by atoms with Gasteiger partial charge in [0.2, 0.25) is 0 Å². The molecule has 5 nitrogen and oxygen atoms in total. The largest absolute Gasteiger partial charge is 0.483 e. The van der Waals surface area contributed by atoms with Gasteiger partial charge in [-0.05, 0) is 24.5 Å². The van der Waals surface area contributed by atoms with Gasteiger partial charge >= 0.3 is 5.97 Å². The minimum absolute atomic E-state index is 0.0667. The molecule has 0 aromatic heterocycles. The zero-order valence-corrected chi connectivity index (χ0v) is 13.4. The third-order valence-electron chi connectivity index (χ3n) is 3.47. The van der Waals surface area contributed by atoms with Gasteiger partial charge in [0.1, 0.15) is 5.75 Å². The van der Waals surface area contributed by atoms with Crippen molar-refractivity contribution in [1.29, 1.82) is 0 Å². The molecule has 5 heteroatoms. The number of benzene rings is 2. The smallest absolute Gasteiger partial charge is 0.303 e. The van der Waals surface area contributed by atoms with E-state index in [1.54, 1.807) is 0 Å². The molecule has 1 amide bonds. The fourth-order valence-corrected chi connectivity index (χ4v) is 2.27. The summed E-state index contributed by atoms with van der Waals surface area (Å²) in [5.74, 6) is -0.375. The number of aliphatic carboxylic acids is 1. The summed E-state index contributed by atoms with van der Waals surface area (Å²) in [4.78, 5) is 22.2. The number of hydrogen-bond acceptors (Lipinski definition) is 3. The third kappa shape index (κ3) is 5.76. The lowest BCUT2D eigenvalue weighted by atomic mass is 10.1. The van der Waals surface area contributed by atoms with Crippen LogP contribution in [0.15, 0.2) is 54.6 Å². The van der Waals surface area contributed by atoms with Gasteiger partial charge in [0, 0.05) is 18.5 Å². The van der Waals surface area contributed by atoms with Crippen molar-refractivity contribution in [2.45, 2.75) is 19.3 Å². The molecule has 0 atom stereocenters. The van der Waals surface area contributed by atoms with Gasteiger partial charge in [-0.3, -0.25) is 9.59 Å². The molecule has 0 aliphatic heterocycles. The van der Waals surface area contributed by atoms with Gasteiger partial charge in [0.15, 0.2) is 6.61 Å². The molecule has 2 rings (SSSR count). The second-order valence-electron chi connectivity index (χ2n) is 5.35. The summed E-state index contributed by atoms with van der Waals surface area (Å²) in [6, 6.07) is 17.4. The van der Waals surface area contributed by atoms with E-state index in [0.717, 1.165) is 11.1 Å². The zero-order chi connectivity index (χ0) is 17.2. The summed E-state index contributed by atoms with van der Waals surface area (Å²) in [5, 5.41) is 11.3. The van der Waals surface area contributed by atoms with Gasteiger partial charge < -0.3 is 15.2 Å². The number of carbonyl (C=O) groups is 2. The number of nitrogens with one attached hydrogen (secondary N) is 1. The highest BCUT2D eigenvalue weighted by molar-refractivity contribution is 5.78. The summed E-state index contributed by atoms with van der Waals surface area (Å²) in [6.45, 7) is 0.387. The molecule has 0 saturated carbocycles. The Kier molecular flexibility index (Phi) is 6.83. The summed E-state index contributed by atoms with van der Waals surface area (Å²) in [6.07, 6.45) is 1.31. The first-order valence-electron chi connectivity index (χ1n) is 7.92. The van der Waals surface area contributed by atoms with Gasteiger partial charge in [-0.1, -0.05) is 48.5 Å². The lowest BCUT2D eigenvalue weighted by Gasteiger charge is -2.11. The minimum atomic E-state index is -0.817. The molecule has 0 fully saturated rings. The Hall–Kier alpha value is -2.82. The molecule has 0 unspecified atom stereocenters. The van der Waals surface area contributed by atoms with Gasteiger partial charge in [0.05, 0.1) is 0 Å². The highest BCUT2D eigenvalue weighted by Gasteiger charge is 2.08. The number of unbranched alkanes of at least 4 members (excludes halogenated alkanes) is 1. The van der Waals surface area contributed by atoms with Crippen LogP contribution in [0.1, 0.15) is 19.3 Å². The number of rotatable bonds is 9. The van der Waals surface area contributed by atoms with Crippen LogP contribution in [0.3, 0.4) is 0 Å². The molecule has 0 bridgehead atoms. The second kappa shape index (κ2) is 9.35. The van der Waals surface area contributed by atoms with Crippen molar-refractivity contribution >= 4 is 11.9 Å². The Labute approximate surface area is 141 Å². The Balaban J connectivity index is 1.82. The van der Waals surface area contributed by atoms with E-state index >= 15 is 0 Å². The van der Waals surface area contributed by atoms with E-state index in [2.05, 4.69) is 5.32 Å². The quantitative estimate of drug-likeness (QED) is 0.694. The summed E-state index contributed by atoms with van der Waals surface area (Å²) < 4.78 is 5.64. The molecule has 2 aromatic rings. The molecule has 24 heavy (non-hydrogen) atoms. The highest BCUT2D eigenvalue weighted by Crippen LogP contribution is 2.29. The number of carboxylic acid groups (broad SMARTS) is 1. The topological polar surface area (TPSA) is 75.6 Å². The Morgan fingerprint density at radius 2 is 1.67 bits per heavy atom. The average Bonchev–Trinajstić information content (AvgIpc) is 2.60. The number of para-hydroxylation sites is 1. The van der Waals surface area contributed by atoms with Crippen molar-refractivity contribution in [3.63, 3.8) is 0 Å². The molecular formula is C19H21NO4. The second-order valence-corrected chi connectivity index (χ2v) is 5.35. The average molecular weight is 327 g/mol. The normalized spacial score (nSPS) is 10.2. The van der Waals surface area contributed by atoms with E-state index in [-0.39, 0.29) is 18.9 Å². The first-order valence-corrected chi connectivity index (χ1v) is 7.92. The van der Waals surface area contributed by atoms with Gasteiger partial charge in [-0.25, -0.2) is 0 Å². The number of hydrogen-bond donors (Lipinski definition) is 2. The lowest BCUT2D eigenvalue weighted by molar-refractivity contribution is -0.137. The molecule has 126 valence electrons. The molecular weight excluding hydrogens is 306 g/mol. The fourth-order valence-electron chi connectivity index (χ4n) is 2.27. The maximum Gasteiger partial charge on any atom is 0.303 e. The predicted molar refractivity (Wildman–Crippen MR) is 91.9 cm³/mol. The zero-order valence-electron chi connectivity index (χ0n) is 13.4. The van der Waals surface area contributed by atoms with Crippen LogP contribution in [0.5, 0.6) is 5.75 Å². The molecule has 0 spiro atoms. The van der Waals surface area contributed by atoms with Crippen LogP contribution in [-0.2, 0) is 9.59 Å². The number of carbonyl (C=O) groups excluding carboxylic acids is 1. The number of amides is 1. The Bertz CT molecular complexity index is 670. The fraction of sp³-hybridized carbons (Fsp3) is 0.263. The SMILES string of the molecule is O=C(O)CCCCNC(=O)COc1ccccc1-c1ccccc1. The monoisotopic (exact) mass is 327 g/mol. The van der Waals surface area contributed by atoms with Crippen molar-refractivity contribution in [2.75, 3.05) is 13.2 Å². The van der Waals surface area contributed by atoms with E-state index in [0.29, 0.717) is 25.1 Å². The van der Waals surface area contributed by atoms with Crippen molar-refractivity contribution in [3.05, 3.63) is 54.6 Å². The van der Waals surface area contributed by atoms with Crippen LogP contribution in [0.2, 0.25) is 0 Å². The molecule has 2 aromatic carbocycles. The van der Waals surface area contributed by atoms with Crippen LogP contribution in [0.25, 0.3) is 11.1 Å². The Morgan fingerprint density at radius 1 is 0.958 bits per heavy atom. The maximum absolute atomic E-state index is 11.8. The summed E-state index contributed by atoms with van der Waals surface area (Å²) in [7, 11) is 0. The first kappa shape index (κ1) is 17.5. The Morgan fingerprint density at radius 3 is 2.42 bits per heavy atom. The van der Waals surface area contributed by atoms with Crippen LogP contribution < -0.4 is 10.1 Å². The van der Waals surface area contributed by atoms with E-state index in [1.165, 1.54) is 0 Å². The van der Waals surface area contributed by atoms with E-state index in [1.807, 2.05) is 54.6 Å². The molecule has 0 aliphatic rings. The third-order valence-corrected chi connectivity index (χ3v) is 3.47. The molecule has 0 heterocycles. The first-order chi connectivity index (χ1) is 11.7. The number of carboxylic acids is 1. The maximum atomic E-state index is 11.8. The van der Waals surface area contributed by atoms with Crippen molar-refractivity contribution < 1.29 is 19.4 Å². The van der Waals surface area contributed by atoms with E-state index in [9.17, 15) is 9.59 Å². The summed E-state index contributed by atoms with van der Waals surface area (Å²) >= 11 is 0. The summed E-state index contributed by atoms with van der Waals surface area (Å²) in [5.41, 5.74) is 1.97.